The standard InChI is InChI=1S/C28H36N4O3S/c1-3-4-5-6-10-13-26(34)32(20-18-22-11-8-7-9-12-22)21-19-25(33)29-28-31-30-27(36-28)23-14-16-24(35-2)17-15-23/h7-9,11-12,14-17H,3-6,10,13,18-21H2,1-2H3,(H,29,31,33). The third kappa shape index (κ3) is 9.07. The van der Waals surface area contributed by atoms with Crippen LogP contribution in [-0.4, -0.2) is 47.1 Å². The molecule has 0 spiro atoms. The number of rotatable bonds is 15. The SMILES string of the molecule is CCCCCCCC(=O)N(CCC(=O)Nc1nnc(-c2ccc(OC)cc2)s1)CCc1ccccc1. The second-order valence-corrected chi connectivity index (χ2v) is 9.70. The van der Waals surface area contributed by atoms with E-state index < -0.39 is 0 Å². The number of unbranched alkanes of at least 4 members (excludes halogenated alkanes) is 4. The molecule has 0 aliphatic rings. The zero-order chi connectivity index (χ0) is 25.6. The highest BCUT2D eigenvalue weighted by molar-refractivity contribution is 7.18. The van der Waals surface area contributed by atoms with Gasteiger partial charge in [0.1, 0.15) is 10.8 Å². The lowest BCUT2D eigenvalue weighted by atomic mass is 10.1. The van der Waals surface area contributed by atoms with E-state index in [1.54, 1.807) is 7.11 Å². The maximum Gasteiger partial charge on any atom is 0.227 e. The molecule has 0 aliphatic carbocycles. The van der Waals surface area contributed by atoms with Gasteiger partial charge in [0.25, 0.3) is 0 Å². The summed E-state index contributed by atoms with van der Waals surface area (Å²) in [6.07, 6.45) is 7.03. The highest BCUT2D eigenvalue weighted by atomic mass is 32.1. The van der Waals surface area contributed by atoms with Crippen LogP contribution in [0, 0.1) is 0 Å². The summed E-state index contributed by atoms with van der Waals surface area (Å²) in [5.74, 6) is 0.713. The van der Waals surface area contributed by atoms with Gasteiger partial charge in [0, 0.05) is 31.5 Å². The zero-order valence-corrected chi connectivity index (χ0v) is 22.1. The monoisotopic (exact) mass is 508 g/mol. The molecule has 0 saturated heterocycles. The van der Waals surface area contributed by atoms with Crippen molar-refractivity contribution in [2.45, 2.75) is 58.3 Å². The smallest absolute Gasteiger partial charge is 0.227 e. The van der Waals surface area contributed by atoms with Crippen LogP contribution in [0.25, 0.3) is 10.6 Å². The van der Waals surface area contributed by atoms with Crippen LogP contribution in [0.4, 0.5) is 5.13 Å². The van der Waals surface area contributed by atoms with E-state index in [2.05, 4.69) is 34.6 Å². The van der Waals surface area contributed by atoms with Gasteiger partial charge in [-0.3, -0.25) is 9.59 Å². The number of benzene rings is 2. The van der Waals surface area contributed by atoms with E-state index in [0.717, 1.165) is 42.0 Å². The van der Waals surface area contributed by atoms with Gasteiger partial charge in [-0.15, -0.1) is 10.2 Å². The summed E-state index contributed by atoms with van der Waals surface area (Å²) in [5, 5.41) is 12.3. The Hall–Kier alpha value is -3.26. The second kappa shape index (κ2) is 15.0. The van der Waals surface area contributed by atoms with Crippen molar-refractivity contribution in [3.05, 3.63) is 60.2 Å². The Morgan fingerprint density at radius 3 is 2.39 bits per heavy atom. The van der Waals surface area contributed by atoms with E-state index in [4.69, 9.17) is 4.74 Å². The summed E-state index contributed by atoms with van der Waals surface area (Å²) in [5.41, 5.74) is 2.09. The molecule has 0 aliphatic heterocycles. The molecule has 1 N–H and O–H groups in total. The van der Waals surface area contributed by atoms with Crippen LogP contribution >= 0.6 is 11.3 Å². The zero-order valence-electron chi connectivity index (χ0n) is 21.2. The minimum absolute atomic E-state index is 0.118. The molecular formula is C28H36N4O3S. The number of carbonyl (C=O) groups excluding carboxylic acids is 2. The molecule has 3 rings (SSSR count). The van der Waals surface area contributed by atoms with Crippen molar-refractivity contribution < 1.29 is 14.3 Å². The first-order valence-corrected chi connectivity index (χ1v) is 13.5. The molecular weight excluding hydrogens is 472 g/mol. The Balaban J connectivity index is 1.52. The number of carbonyl (C=O) groups is 2. The molecule has 192 valence electrons. The van der Waals surface area contributed by atoms with Crippen molar-refractivity contribution in [2.75, 3.05) is 25.5 Å². The Morgan fingerprint density at radius 2 is 1.67 bits per heavy atom. The third-order valence-corrected chi connectivity index (χ3v) is 6.86. The van der Waals surface area contributed by atoms with Crippen molar-refractivity contribution in [1.29, 1.82) is 0 Å². The minimum atomic E-state index is -0.173. The van der Waals surface area contributed by atoms with Gasteiger partial charge in [-0.25, -0.2) is 0 Å². The van der Waals surface area contributed by atoms with Gasteiger partial charge in [0.05, 0.1) is 7.11 Å². The molecule has 0 atom stereocenters. The van der Waals surface area contributed by atoms with Crippen LogP contribution in [0.2, 0.25) is 0 Å². The molecule has 2 aromatic carbocycles. The number of methoxy groups -OCH3 is 1. The fourth-order valence-corrected chi connectivity index (χ4v) is 4.62. The van der Waals surface area contributed by atoms with Gasteiger partial charge in [-0.2, -0.15) is 0 Å². The lowest BCUT2D eigenvalue weighted by Gasteiger charge is -2.22. The number of ether oxygens (including phenoxy) is 1. The van der Waals surface area contributed by atoms with Crippen LogP contribution in [0.15, 0.2) is 54.6 Å². The minimum Gasteiger partial charge on any atom is -0.497 e. The summed E-state index contributed by atoms with van der Waals surface area (Å²) in [6.45, 7) is 3.17. The number of amides is 2. The number of nitrogens with zero attached hydrogens (tertiary/aromatic N) is 3. The Labute approximate surface area is 217 Å². The van der Waals surface area contributed by atoms with Crippen molar-refractivity contribution >= 4 is 28.3 Å². The highest BCUT2D eigenvalue weighted by Gasteiger charge is 2.16. The van der Waals surface area contributed by atoms with E-state index in [1.165, 1.54) is 29.7 Å². The number of hydrogen-bond donors (Lipinski definition) is 1. The molecule has 8 heteroatoms. The predicted molar refractivity (Wildman–Crippen MR) is 145 cm³/mol. The van der Waals surface area contributed by atoms with Gasteiger partial charge in [-0.1, -0.05) is 74.3 Å². The summed E-state index contributed by atoms with van der Waals surface area (Å²) >= 11 is 1.32. The summed E-state index contributed by atoms with van der Waals surface area (Å²) in [6, 6.07) is 17.7. The molecule has 1 aromatic heterocycles. The van der Waals surface area contributed by atoms with Crippen molar-refractivity contribution in [3.63, 3.8) is 0 Å². The normalized spacial score (nSPS) is 10.7. The average molecular weight is 509 g/mol. The Morgan fingerprint density at radius 1 is 0.917 bits per heavy atom. The maximum atomic E-state index is 12.9. The number of hydrogen-bond acceptors (Lipinski definition) is 6. The van der Waals surface area contributed by atoms with Gasteiger partial charge in [-0.05, 0) is 42.7 Å². The molecule has 1 heterocycles. The highest BCUT2D eigenvalue weighted by Crippen LogP contribution is 2.27. The van der Waals surface area contributed by atoms with Crippen molar-refractivity contribution in [3.8, 4) is 16.3 Å². The Bertz CT molecular complexity index is 1070. The first kappa shape index (κ1) is 27.3. The fourth-order valence-electron chi connectivity index (χ4n) is 3.85. The fraction of sp³-hybridized carbons (Fsp3) is 0.429. The number of nitrogens with one attached hydrogen (secondary N) is 1. The Kier molecular flexibility index (Phi) is 11.4. The number of anilines is 1. The van der Waals surface area contributed by atoms with E-state index in [1.807, 2.05) is 47.4 Å². The third-order valence-electron chi connectivity index (χ3n) is 5.98. The van der Waals surface area contributed by atoms with Gasteiger partial charge >= 0.3 is 0 Å². The first-order valence-electron chi connectivity index (χ1n) is 12.7. The summed E-state index contributed by atoms with van der Waals surface area (Å²) in [7, 11) is 1.62. The van der Waals surface area contributed by atoms with Crippen LogP contribution in [-0.2, 0) is 16.0 Å². The van der Waals surface area contributed by atoms with Crippen LogP contribution in [0.3, 0.4) is 0 Å². The number of aromatic nitrogens is 2. The van der Waals surface area contributed by atoms with Crippen molar-refractivity contribution in [2.24, 2.45) is 0 Å². The van der Waals surface area contributed by atoms with E-state index in [-0.39, 0.29) is 18.2 Å². The lowest BCUT2D eigenvalue weighted by molar-refractivity contribution is -0.131. The van der Waals surface area contributed by atoms with Gasteiger partial charge in [0.15, 0.2) is 0 Å². The molecule has 2 amide bonds. The van der Waals surface area contributed by atoms with Crippen LogP contribution in [0.1, 0.15) is 57.4 Å². The molecule has 7 nitrogen and oxygen atoms in total. The molecule has 0 radical (unpaired) electrons. The average Bonchev–Trinajstić information content (AvgIpc) is 3.37. The van der Waals surface area contributed by atoms with Crippen LogP contribution < -0.4 is 10.1 Å². The largest absolute Gasteiger partial charge is 0.497 e. The summed E-state index contributed by atoms with van der Waals surface area (Å²) < 4.78 is 5.19. The van der Waals surface area contributed by atoms with E-state index >= 15 is 0 Å². The first-order chi connectivity index (χ1) is 17.6. The van der Waals surface area contributed by atoms with E-state index in [9.17, 15) is 9.59 Å². The van der Waals surface area contributed by atoms with Gasteiger partial charge in [0.2, 0.25) is 16.9 Å². The summed E-state index contributed by atoms with van der Waals surface area (Å²) in [4.78, 5) is 27.4. The quantitative estimate of drug-likeness (QED) is 0.256. The van der Waals surface area contributed by atoms with Crippen LogP contribution in [0.5, 0.6) is 5.75 Å². The van der Waals surface area contributed by atoms with Crippen molar-refractivity contribution in [1.82, 2.24) is 15.1 Å². The maximum absolute atomic E-state index is 12.9. The predicted octanol–water partition coefficient (Wildman–Crippen LogP) is 5.97. The molecule has 0 bridgehead atoms. The van der Waals surface area contributed by atoms with E-state index in [0.29, 0.717) is 24.6 Å². The van der Waals surface area contributed by atoms with Gasteiger partial charge < -0.3 is 15.0 Å². The lowest BCUT2D eigenvalue weighted by Crippen LogP contribution is -2.35. The molecule has 0 saturated carbocycles. The molecule has 0 unspecified atom stereocenters. The molecule has 3 aromatic rings. The topological polar surface area (TPSA) is 84.4 Å². The molecule has 0 fully saturated rings. The second-order valence-electron chi connectivity index (χ2n) is 8.72. The molecule has 36 heavy (non-hydrogen) atoms.